The van der Waals surface area contributed by atoms with Crippen LogP contribution in [0.5, 0.6) is 0 Å². The van der Waals surface area contributed by atoms with Gasteiger partial charge in [-0.05, 0) is 86.1 Å². The quantitative estimate of drug-likeness (QED) is 0.883. The number of carbonyl (C=O) groups excluding carboxylic acids is 1. The number of aromatic nitrogens is 1. The summed E-state index contributed by atoms with van der Waals surface area (Å²) in [4.78, 5) is 28.1. The van der Waals surface area contributed by atoms with Crippen LogP contribution in [0.1, 0.15) is 55.8 Å². The molecule has 4 aliphatic carbocycles. The molecule has 4 heteroatoms. The SMILES string of the molecule is CC(NC(=O)c1cc2ccccc2[nH]c1=O)C12CC3CC(CC(C3)C1)C2. The Bertz CT molecular complexity index is 894. The average Bonchev–Trinajstić information content (AvgIpc) is 2.59. The Morgan fingerprint density at radius 1 is 1.12 bits per heavy atom. The first-order chi connectivity index (χ1) is 12.5. The van der Waals surface area contributed by atoms with Crippen molar-refractivity contribution in [1.82, 2.24) is 10.3 Å². The van der Waals surface area contributed by atoms with Gasteiger partial charge in [0.2, 0.25) is 0 Å². The number of carbonyl (C=O) groups is 1. The number of nitrogens with one attached hydrogen (secondary N) is 2. The number of pyridine rings is 1. The van der Waals surface area contributed by atoms with Gasteiger partial charge in [0.15, 0.2) is 0 Å². The molecule has 4 nitrogen and oxygen atoms in total. The van der Waals surface area contributed by atoms with Gasteiger partial charge in [0.1, 0.15) is 5.56 Å². The van der Waals surface area contributed by atoms with Crippen LogP contribution in [-0.2, 0) is 0 Å². The van der Waals surface area contributed by atoms with Gasteiger partial charge in [-0.25, -0.2) is 0 Å². The van der Waals surface area contributed by atoms with Gasteiger partial charge in [-0.15, -0.1) is 0 Å². The zero-order valence-corrected chi connectivity index (χ0v) is 15.3. The van der Waals surface area contributed by atoms with E-state index in [1.54, 1.807) is 6.07 Å². The topological polar surface area (TPSA) is 62.0 Å². The molecule has 2 N–H and O–H groups in total. The lowest BCUT2D eigenvalue weighted by atomic mass is 9.48. The number of hydrogen-bond donors (Lipinski definition) is 2. The van der Waals surface area contributed by atoms with Gasteiger partial charge >= 0.3 is 0 Å². The standard InChI is InChI=1S/C22H26N2O2/c1-13(22-10-14-6-15(11-22)8-16(7-14)12-22)23-20(25)18-9-17-4-2-3-5-19(17)24-21(18)26/h2-5,9,13-16H,6-8,10-12H2,1H3,(H,23,25)(H,24,26). The smallest absolute Gasteiger partial charge is 0.261 e. The van der Waals surface area contributed by atoms with Crippen LogP contribution in [0.2, 0.25) is 0 Å². The number of hydrogen-bond acceptors (Lipinski definition) is 2. The Morgan fingerprint density at radius 3 is 2.38 bits per heavy atom. The highest BCUT2D eigenvalue weighted by molar-refractivity contribution is 5.97. The Balaban J connectivity index is 1.40. The zero-order chi connectivity index (χ0) is 17.9. The maximum atomic E-state index is 12.9. The van der Waals surface area contributed by atoms with Crippen LogP contribution in [0.25, 0.3) is 10.9 Å². The molecule has 0 aliphatic heterocycles. The molecule has 4 aliphatic rings. The highest BCUT2D eigenvalue weighted by Crippen LogP contribution is 2.61. The molecule has 136 valence electrons. The number of aromatic amines is 1. The van der Waals surface area contributed by atoms with Crippen molar-refractivity contribution in [2.24, 2.45) is 23.2 Å². The third kappa shape index (κ3) is 2.50. The zero-order valence-electron chi connectivity index (χ0n) is 15.3. The van der Waals surface area contributed by atoms with Gasteiger partial charge in [0.05, 0.1) is 0 Å². The Morgan fingerprint density at radius 2 is 1.73 bits per heavy atom. The first kappa shape index (κ1) is 16.1. The van der Waals surface area contributed by atoms with Crippen LogP contribution in [-0.4, -0.2) is 16.9 Å². The van der Waals surface area contributed by atoms with Crippen LogP contribution in [0.15, 0.2) is 35.1 Å². The fourth-order valence-electron chi connectivity index (χ4n) is 6.45. The van der Waals surface area contributed by atoms with Crippen molar-refractivity contribution < 1.29 is 4.79 Å². The molecule has 26 heavy (non-hydrogen) atoms. The molecule has 0 saturated heterocycles. The highest BCUT2D eigenvalue weighted by Gasteiger charge is 2.53. The number of para-hydroxylation sites is 1. The molecule has 4 fully saturated rings. The minimum atomic E-state index is -0.307. The first-order valence-corrected chi connectivity index (χ1v) is 9.95. The van der Waals surface area contributed by atoms with Crippen LogP contribution in [0, 0.1) is 23.2 Å². The molecular weight excluding hydrogens is 324 g/mol. The summed E-state index contributed by atoms with van der Waals surface area (Å²) in [7, 11) is 0. The molecule has 0 radical (unpaired) electrons. The molecule has 1 amide bonds. The van der Waals surface area contributed by atoms with Gasteiger partial charge < -0.3 is 10.3 Å². The fourth-order valence-corrected chi connectivity index (χ4v) is 6.45. The van der Waals surface area contributed by atoms with Crippen LogP contribution >= 0.6 is 0 Å². The molecule has 2 aromatic rings. The monoisotopic (exact) mass is 350 g/mol. The highest BCUT2D eigenvalue weighted by atomic mass is 16.2. The summed E-state index contributed by atoms with van der Waals surface area (Å²) in [5.74, 6) is 2.32. The maximum Gasteiger partial charge on any atom is 0.261 e. The van der Waals surface area contributed by atoms with Gasteiger partial charge in [-0.3, -0.25) is 9.59 Å². The summed E-state index contributed by atoms with van der Waals surface area (Å²) < 4.78 is 0. The van der Waals surface area contributed by atoms with Crippen molar-refractivity contribution in [3.8, 4) is 0 Å². The number of rotatable bonds is 3. The third-order valence-corrected chi connectivity index (χ3v) is 7.35. The van der Waals surface area contributed by atoms with Crippen molar-refractivity contribution in [2.75, 3.05) is 0 Å². The molecule has 4 saturated carbocycles. The van der Waals surface area contributed by atoms with Gasteiger partial charge in [0, 0.05) is 11.6 Å². The summed E-state index contributed by atoms with van der Waals surface area (Å²) in [6.07, 6.45) is 7.91. The van der Waals surface area contributed by atoms with E-state index in [4.69, 9.17) is 0 Å². The van der Waals surface area contributed by atoms with E-state index in [2.05, 4.69) is 17.2 Å². The van der Waals surface area contributed by atoms with Crippen molar-refractivity contribution in [3.05, 3.63) is 46.2 Å². The van der Waals surface area contributed by atoms with E-state index in [1.165, 1.54) is 38.5 Å². The van der Waals surface area contributed by atoms with E-state index in [-0.39, 0.29) is 28.5 Å². The number of H-pyrrole nitrogens is 1. The maximum absolute atomic E-state index is 12.9. The minimum Gasteiger partial charge on any atom is -0.349 e. The largest absolute Gasteiger partial charge is 0.349 e. The average molecular weight is 350 g/mol. The van der Waals surface area contributed by atoms with E-state index in [0.29, 0.717) is 0 Å². The van der Waals surface area contributed by atoms with Crippen molar-refractivity contribution in [1.29, 1.82) is 0 Å². The molecular formula is C22H26N2O2. The number of amides is 1. The second-order valence-corrected chi connectivity index (χ2v) is 9.07. The van der Waals surface area contributed by atoms with Crippen molar-refractivity contribution in [3.63, 3.8) is 0 Å². The summed E-state index contributed by atoms with van der Waals surface area (Å²) in [5, 5.41) is 4.09. The van der Waals surface area contributed by atoms with Gasteiger partial charge in [0.25, 0.3) is 11.5 Å². The lowest BCUT2D eigenvalue weighted by molar-refractivity contribution is -0.0688. The third-order valence-electron chi connectivity index (χ3n) is 7.35. The predicted molar refractivity (Wildman–Crippen MR) is 102 cm³/mol. The van der Waals surface area contributed by atoms with E-state index < -0.39 is 0 Å². The van der Waals surface area contributed by atoms with Gasteiger partial charge in [-0.1, -0.05) is 18.2 Å². The second-order valence-electron chi connectivity index (χ2n) is 9.07. The van der Waals surface area contributed by atoms with E-state index in [1.807, 2.05) is 24.3 Å². The number of benzene rings is 1. The molecule has 6 rings (SSSR count). The van der Waals surface area contributed by atoms with Crippen LogP contribution < -0.4 is 10.9 Å². The lowest BCUT2D eigenvalue weighted by Gasteiger charge is -2.59. The summed E-state index contributed by atoms with van der Waals surface area (Å²) in [5.41, 5.74) is 0.927. The fraction of sp³-hybridized carbons (Fsp3) is 0.545. The molecule has 1 atom stereocenters. The molecule has 1 heterocycles. The Labute approximate surface area is 153 Å². The first-order valence-electron chi connectivity index (χ1n) is 9.95. The van der Waals surface area contributed by atoms with Crippen molar-refractivity contribution in [2.45, 2.75) is 51.5 Å². The minimum absolute atomic E-state index is 0.120. The van der Waals surface area contributed by atoms with Crippen LogP contribution in [0.3, 0.4) is 0 Å². The lowest BCUT2D eigenvalue weighted by Crippen LogP contribution is -2.56. The van der Waals surface area contributed by atoms with Gasteiger partial charge in [-0.2, -0.15) is 0 Å². The Kier molecular flexibility index (Phi) is 3.53. The number of fused-ring (bicyclic) bond motifs is 1. The molecule has 1 unspecified atom stereocenters. The van der Waals surface area contributed by atoms with E-state index in [9.17, 15) is 9.59 Å². The molecule has 1 aromatic heterocycles. The summed E-state index contributed by atoms with van der Waals surface area (Å²) in [6, 6.07) is 9.42. The van der Waals surface area contributed by atoms with Crippen LogP contribution in [0.4, 0.5) is 0 Å². The summed E-state index contributed by atoms with van der Waals surface area (Å²) >= 11 is 0. The summed E-state index contributed by atoms with van der Waals surface area (Å²) in [6.45, 7) is 2.15. The van der Waals surface area contributed by atoms with Crippen molar-refractivity contribution >= 4 is 16.8 Å². The molecule has 1 aromatic carbocycles. The van der Waals surface area contributed by atoms with E-state index >= 15 is 0 Å². The second kappa shape index (κ2) is 5.70. The van der Waals surface area contributed by atoms with E-state index in [0.717, 1.165) is 28.7 Å². The predicted octanol–water partition coefficient (Wildman–Crippen LogP) is 3.86. The molecule has 4 bridgehead atoms. The Hall–Kier alpha value is -2.10. The molecule has 0 spiro atoms. The normalized spacial score (nSPS) is 33.3.